The summed E-state index contributed by atoms with van der Waals surface area (Å²) in [6.45, 7) is 6.67. The molecule has 0 radical (unpaired) electrons. The third-order valence-corrected chi connectivity index (χ3v) is 2.91. The lowest BCUT2D eigenvalue weighted by atomic mass is 10.2. The average Bonchev–Trinajstić information content (AvgIpc) is 2.72. The lowest BCUT2D eigenvalue weighted by molar-refractivity contribution is 0.663. The van der Waals surface area contributed by atoms with Crippen LogP contribution in [0.1, 0.15) is 31.5 Å². The maximum atomic E-state index is 5.86. The molecule has 0 aromatic carbocycles. The van der Waals surface area contributed by atoms with Crippen LogP contribution in [0.25, 0.3) is 11.0 Å². The number of fused-ring (bicyclic) bond motifs is 1. The van der Waals surface area contributed by atoms with Gasteiger partial charge < -0.3 is 10.3 Å². The van der Waals surface area contributed by atoms with Crippen molar-refractivity contribution in [1.82, 2.24) is 9.55 Å². The molecule has 90 valence electrons. The third-order valence-electron chi connectivity index (χ3n) is 2.91. The number of allylic oxidation sites excluding steroid dienone is 1. The van der Waals surface area contributed by atoms with Crippen molar-refractivity contribution in [3.8, 4) is 0 Å². The lowest BCUT2D eigenvalue weighted by Gasteiger charge is -2.07. The van der Waals surface area contributed by atoms with Gasteiger partial charge in [-0.05, 0) is 38.0 Å². The minimum Gasteiger partial charge on any atom is -0.332 e. The zero-order valence-corrected chi connectivity index (χ0v) is 10.3. The van der Waals surface area contributed by atoms with Crippen LogP contribution in [0, 0.1) is 0 Å². The highest BCUT2D eigenvalue weighted by atomic mass is 15.0. The Morgan fingerprint density at radius 1 is 1.47 bits per heavy atom. The first kappa shape index (κ1) is 11.9. The van der Waals surface area contributed by atoms with E-state index in [0.29, 0.717) is 0 Å². The van der Waals surface area contributed by atoms with Gasteiger partial charge in [0.2, 0.25) is 0 Å². The molecular formula is C14H19N3. The molecule has 0 spiro atoms. The number of nitrogens with zero attached hydrogens (tertiary/aromatic N) is 2. The molecule has 0 unspecified atom stereocenters. The maximum Gasteiger partial charge on any atom is 0.140 e. The second kappa shape index (κ2) is 5.15. The van der Waals surface area contributed by atoms with E-state index >= 15 is 0 Å². The van der Waals surface area contributed by atoms with Crippen molar-refractivity contribution >= 4 is 11.0 Å². The molecular weight excluding hydrogens is 210 g/mol. The summed E-state index contributed by atoms with van der Waals surface area (Å²) in [6.07, 6.45) is 6.17. The van der Waals surface area contributed by atoms with Crippen molar-refractivity contribution in [2.75, 3.05) is 0 Å². The first-order valence-corrected chi connectivity index (χ1v) is 6.04. The summed E-state index contributed by atoms with van der Waals surface area (Å²) in [6, 6.07) is 6.17. The van der Waals surface area contributed by atoms with E-state index in [4.69, 9.17) is 5.73 Å². The fourth-order valence-electron chi connectivity index (χ4n) is 1.91. The van der Waals surface area contributed by atoms with E-state index in [1.165, 1.54) is 5.39 Å². The zero-order chi connectivity index (χ0) is 12.3. The Bertz CT molecular complexity index is 511. The number of unbranched alkanes of at least 4 members (excludes halogenated alkanes) is 1. The predicted molar refractivity (Wildman–Crippen MR) is 71.8 cm³/mol. The molecule has 0 fully saturated rings. The molecule has 2 aromatic rings. The standard InChI is InChI=1S/C14H19N3/c1-3-4-5-9-17-10-8-12-6-7-13(11(2)15)16-14(12)17/h3,6-8,10-11H,1,4-5,9,15H2,2H3/t11-/m1/s1. The second-order valence-electron chi connectivity index (χ2n) is 4.38. The van der Waals surface area contributed by atoms with Gasteiger partial charge in [0.05, 0.1) is 5.69 Å². The van der Waals surface area contributed by atoms with E-state index in [2.05, 4.69) is 34.5 Å². The summed E-state index contributed by atoms with van der Waals surface area (Å²) in [4.78, 5) is 4.63. The van der Waals surface area contributed by atoms with Crippen molar-refractivity contribution in [3.63, 3.8) is 0 Å². The Kier molecular flexibility index (Phi) is 3.59. The van der Waals surface area contributed by atoms with E-state index in [1.807, 2.05) is 19.1 Å². The largest absolute Gasteiger partial charge is 0.332 e. The fourth-order valence-corrected chi connectivity index (χ4v) is 1.91. The smallest absolute Gasteiger partial charge is 0.140 e. The van der Waals surface area contributed by atoms with Crippen molar-refractivity contribution in [2.45, 2.75) is 32.4 Å². The molecule has 2 heterocycles. The normalized spacial score (nSPS) is 12.8. The number of aryl methyl sites for hydroxylation is 1. The molecule has 3 heteroatoms. The van der Waals surface area contributed by atoms with Crippen LogP contribution in [0.15, 0.2) is 37.1 Å². The van der Waals surface area contributed by atoms with Crippen molar-refractivity contribution in [3.05, 3.63) is 42.7 Å². The van der Waals surface area contributed by atoms with Crippen LogP contribution >= 0.6 is 0 Å². The molecule has 1 atom stereocenters. The molecule has 2 rings (SSSR count). The van der Waals surface area contributed by atoms with Crippen molar-refractivity contribution in [2.24, 2.45) is 5.73 Å². The second-order valence-corrected chi connectivity index (χ2v) is 4.38. The minimum absolute atomic E-state index is 0.0177. The Morgan fingerprint density at radius 2 is 2.29 bits per heavy atom. The summed E-state index contributed by atoms with van der Waals surface area (Å²) in [5, 5.41) is 1.17. The maximum absolute atomic E-state index is 5.86. The number of aromatic nitrogens is 2. The summed E-state index contributed by atoms with van der Waals surface area (Å²) in [7, 11) is 0. The Balaban J connectivity index is 2.29. The molecule has 2 N–H and O–H groups in total. The molecule has 0 aliphatic heterocycles. The topological polar surface area (TPSA) is 43.8 Å². The van der Waals surface area contributed by atoms with Crippen LogP contribution < -0.4 is 5.73 Å². The molecule has 0 bridgehead atoms. The summed E-state index contributed by atoms with van der Waals surface area (Å²) in [5.74, 6) is 0. The molecule has 0 saturated carbocycles. The van der Waals surface area contributed by atoms with Crippen LogP contribution in [0.5, 0.6) is 0 Å². The molecule has 0 aliphatic carbocycles. The lowest BCUT2D eigenvalue weighted by Crippen LogP contribution is -2.08. The van der Waals surface area contributed by atoms with E-state index in [-0.39, 0.29) is 6.04 Å². The van der Waals surface area contributed by atoms with E-state index < -0.39 is 0 Å². The fraction of sp³-hybridized carbons (Fsp3) is 0.357. The predicted octanol–water partition coefficient (Wildman–Crippen LogP) is 3.02. The average molecular weight is 229 g/mol. The highest BCUT2D eigenvalue weighted by molar-refractivity contribution is 5.76. The number of rotatable bonds is 5. The van der Waals surface area contributed by atoms with Crippen LogP contribution in [0.3, 0.4) is 0 Å². The highest BCUT2D eigenvalue weighted by Crippen LogP contribution is 2.17. The van der Waals surface area contributed by atoms with Gasteiger partial charge in [0.1, 0.15) is 5.65 Å². The zero-order valence-electron chi connectivity index (χ0n) is 10.3. The molecule has 3 nitrogen and oxygen atoms in total. The van der Waals surface area contributed by atoms with Gasteiger partial charge in [0.15, 0.2) is 0 Å². The van der Waals surface area contributed by atoms with Crippen LogP contribution in [0.2, 0.25) is 0 Å². The third kappa shape index (κ3) is 2.56. The molecule has 2 aromatic heterocycles. The van der Waals surface area contributed by atoms with Gasteiger partial charge in [-0.1, -0.05) is 6.08 Å². The van der Waals surface area contributed by atoms with Gasteiger partial charge in [0, 0.05) is 24.2 Å². The molecule has 0 saturated heterocycles. The monoisotopic (exact) mass is 229 g/mol. The molecule has 17 heavy (non-hydrogen) atoms. The van der Waals surface area contributed by atoms with Gasteiger partial charge in [-0.2, -0.15) is 0 Å². The van der Waals surface area contributed by atoms with Gasteiger partial charge in [0.25, 0.3) is 0 Å². The van der Waals surface area contributed by atoms with Crippen LogP contribution in [-0.4, -0.2) is 9.55 Å². The van der Waals surface area contributed by atoms with Gasteiger partial charge in [-0.3, -0.25) is 0 Å². The van der Waals surface area contributed by atoms with Gasteiger partial charge >= 0.3 is 0 Å². The Hall–Kier alpha value is -1.61. The molecule has 0 amide bonds. The number of nitrogens with two attached hydrogens (primary N) is 1. The van der Waals surface area contributed by atoms with E-state index in [0.717, 1.165) is 30.7 Å². The Morgan fingerprint density at radius 3 is 3.00 bits per heavy atom. The number of pyridine rings is 1. The van der Waals surface area contributed by atoms with Crippen molar-refractivity contribution in [1.29, 1.82) is 0 Å². The van der Waals surface area contributed by atoms with Gasteiger partial charge in [-0.25, -0.2) is 4.98 Å². The minimum atomic E-state index is -0.0177. The number of hydrogen-bond donors (Lipinski definition) is 1. The summed E-state index contributed by atoms with van der Waals surface area (Å²) < 4.78 is 2.19. The number of hydrogen-bond acceptors (Lipinski definition) is 2. The SMILES string of the molecule is C=CCCCn1ccc2ccc([C@@H](C)N)nc21. The Labute approximate surface area is 102 Å². The molecule has 0 aliphatic rings. The van der Waals surface area contributed by atoms with Gasteiger partial charge in [-0.15, -0.1) is 6.58 Å². The quantitative estimate of drug-likeness (QED) is 0.632. The van der Waals surface area contributed by atoms with Crippen LogP contribution in [-0.2, 0) is 6.54 Å². The van der Waals surface area contributed by atoms with Crippen LogP contribution in [0.4, 0.5) is 0 Å². The highest BCUT2D eigenvalue weighted by Gasteiger charge is 2.06. The van der Waals surface area contributed by atoms with Crippen molar-refractivity contribution < 1.29 is 0 Å². The summed E-state index contributed by atoms with van der Waals surface area (Å²) in [5.41, 5.74) is 7.84. The first-order chi connectivity index (χ1) is 8.22. The summed E-state index contributed by atoms with van der Waals surface area (Å²) >= 11 is 0. The van der Waals surface area contributed by atoms with E-state index in [1.54, 1.807) is 0 Å². The first-order valence-electron chi connectivity index (χ1n) is 6.04. The van der Waals surface area contributed by atoms with E-state index in [9.17, 15) is 0 Å².